The number of rotatable bonds is 8. The van der Waals surface area contributed by atoms with E-state index < -0.39 is 12.1 Å². The summed E-state index contributed by atoms with van der Waals surface area (Å²) in [6.45, 7) is 2.31. The summed E-state index contributed by atoms with van der Waals surface area (Å²) in [7, 11) is 0. The first-order valence-electron chi connectivity index (χ1n) is 9.12. The van der Waals surface area contributed by atoms with Crippen LogP contribution in [0.1, 0.15) is 17.5 Å². The molecule has 0 aliphatic carbocycles. The molecule has 4 unspecified atom stereocenters. The number of hydrogen-bond acceptors (Lipinski definition) is 5. The largest absolute Gasteiger partial charge is 0.492 e. The van der Waals surface area contributed by atoms with E-state index in [1.807, 2.05) is 30.3 Å². The first kappa shape index (κ1) is 19.8. The molecule has 0 aromatic heterocycles. The molecule has 3 N–H and O–H groups in total. The summed E-state index contributed by atoms with van der Waals surface area (Å²) in [6.07, 6.45) is -0.369. The van der Waals surface area contributed by atoms with Crippen LogP contribution in [0.3, 0.4) is 0 Å². The summed E-state index contributed by atoms with van der Waals surface area (Å²) in [5.41, 5.74) is 8.05. The van der Waals surface area contributed by atoms with Gasteiger partial charge in [-0.2, -0.15) is 0 Å². The molecule has 1 heterocycles. The lowest BCUT2D eigenvalue weighted by Gasteiger charge is -2.20. The van der Waals surface area contributed by atoms with E-state index in [-0.39, 0.29) is 31.2 Å². The first-order valence-corrected chi connectivity index (χ1v) is 9.12. The van der Waals surface area contributed by atoms with Crippen molar-refractivity contribution in [3.63, 3.8) is 0 Å². The number of aliphatic hydroxyl groups excluding tert-OH is 1. The van der Waals surface area contributed by atoms with Crippen molar-refractivity contribution < 1.29 is 23.7 Å². The lowest BCUT2D eigenvalue weighted by atomic mass is 10.1. The first-order chi connectivity index (χ1) is 13.0. The van der Waals surface area contributed by atoms with Crippen LogP contribution in [-0.4, -0.2) is 42.7 Å². The van der Waals surface area contributed by atoms with Crippen LogP contribution in [0.2, 0.25) is 0 Å². The quantitative estimate of drug-likeness (QED) is 0.742. The maximum Gasteiger partial charge on any atom is 0.127 e. The second-order valence-electron chi connectivity index (χ2n) is 6.91. The number of nitrogens with two attached hydrogens (primary N) is 1. The Morgan fingerprint density at radius 1 is 1.26 bits per heavy atom. The minimum absolute atomic E-state index is 0.132. The van der Waals surface area contributed by atoms with Crippen molar-refractivity contribution in [2.45, 2.75) is 44.3 Å². The van der Waals surface area contributed by atoms with Crippen LogP contribution in [-0.2, 0) is 16.1 Å². The topological polar surface area (TPSA) is 73.9 Å². The highest BCUT2D eigenvalue weighted by molar-refractivity contribution is 5.28. The minimum atomic E-state index is -0.416. The molecule has 1 aliphatic heterocycles. The maximum absolute atomic E-state index is 13.4. The van der Waals surface area contributed by atoms with Crippen molar-refractivity contribution in [1.82, 2.24) is 0 Å². The minimum Gasteiger partial charge on any atom is -0.492 e. The third kappa shape index (κ3) is 5.49. The Hall–Kier alpha value is -1.99. The number of ether oxygens (including phenoxy) is 3. The third-order valence-electron chi connectivity index (χ3n) is 4.65. The van der Waals surface area contributed by atoms with Gasteiger partial charge in [-0.1, -0.05) is 30.3 Å². The van der Waals surface area contributed by atoms with E-state index in [1.54, 1.807) is 13.0 Å². The third-order valence-corrected chi connectivity index (χ3v) is 4.65. The molecule has 5 nitrogen and oxygen atoms in total. The molecule has 1 fully saturated rings. The molecule has 2 aromatic carbocycles. The van der Waals surface area contributed by atoms with E-state index in [1.165, 1.54) is 12.1 Å². The molecule has 0 amide bonds. The Bertz CT molecular complexity index is 707. The zero-order valence-electron chi connectivity index (χ0n) is 15.4. The Labute approximate surface area is 158 Å². The zero-order valence-corrected chi connectivity index (χ0v) is 15.4. The van der Waals surface area contributed by atoms with E-state index in [2.05, 4.69) is 0 Å². The molecule has 0 saturated carbocycles. The Balaban J connectivity index is 1.52. The normalized spacial score (nSPS) is 23.3. The van der Waals surface area contributed by atoms with Gasteiger partial charge in [0.05, 0.1) is 31.5 Å². The van der Waals surface area contributed by atoms with Gasteiger partial charge in [0.1, 0.15) is 24.3 Å². The van der Waals surface area contributed by atoms with Crippen molar-refractivity contribution in [3.05, 3.63) is 65.5 Å². The second-order valence-corrected chi connectivity index (χ2v) is 6.91. The summed E-state index contributed by atoms with van der Waals surface area (Å²) >= 11 is 0. The molecule has 146 valence electrons. The highest BCUT2D eigenvalue weighted by Crippen LogP contribution is 2.26. The monoisotopic (exact) mass is 375 g/mol. The summed E-state index contributed by atoms with van der Waals surface area (Å²) < 4.78 is 30.9. The van der Waals surface area contributed by atoms with E-state index >= 15 is 0 Å². The molecule has 1 saturated heterocycles. The predicted molar refractivity (Wildman–Crippen MR) is 100.0 cm³/mol. The average molecular weight is 375 g/mol. The molecule has 0 spiro atoms. The Morgan fingerprint density at radius 2 is 2.04 bits per heavy atom. The van der Waals surface area contributed by atoms with Crippen LogP contribution in [0.25, 0.3) is 0 Å². The van der Waals surface area contributed by atoms with Crippen LogP contribution in [0.5, 0.6) is 5.75 Å². The van der Waals surface area contributed by atoms with Crippen molar-refractivity contribution in [2.24, 2.45) is 5.73 Å². The number of benzene rings is 2. The van der Waals surface area contributed by atoms with E-state index in [0.29, 0.717) is 18.8 Å². The molecule has 6 heteroatoms. The number of halogens is 1. The predicted octanol–water partition coefficient (Wildman–Crippen LogP) is 2.58. The van der Waals surface area contributed by atoms with Crippen LogP contribution >= 0.6 is 0 Å². The molecule has 3 rings (SSSR count). The highest BCUT2D eigenvalue weighted by atomic mass is 19.1. The summed E-state index contributed by atoms with van der Waals surface area (Å²) in [5.74, 6) is 0.0990. The van der Waals surface area contributed by atoms with Gasteiger partial charge in [-0.3, -0.25) is 0 Å². The summed E-state index contributed by atoms with van der Waals surface area (Å²) in [5, 5.41) is 9.58. The maximum atomic E-state index is 13.4. The van der Waals surface area contributed by atoms with Crippen molar-refractivity contribution >= 4 is 0 Å². The average Bonchev–Trinajstić information content (AvgIpc) is 3.08. The standard InChI is InChI=1S/C21H26FNO4/c1-14-7-16(22)9-17(8-14)25-13-18(23)19-10-20(21(11-24)27-19)26-12-15-5-3-2-4-6-15/h2-9,18-21,24H,10-13,23H2,1H3. The molecular weight excluding hydrogens is 349 g/mol. The zero-order chi connectivity index (χ0) is 19.2. The molecule has 27 heavy (non-hydrogen) atoms. The van der Waals surface area contributed by atoms with Gasteiger partial charge in [0.15, 0.2) is 0 Å². The van der Waals surface area contributed by atoms with Crippen molar-refractivity contribution in [2.75, 3.05) is 13.2 Å². The van der Waals surface area contributed by atoms with Crippen molar-refractivity contribution in [1.29, 1.82) is 0 Å². The van der Waals surface area contributed by atoms with E-state index in [4.69, 9.17) is 19.9 Å². The van der Waals surface area contributed by atoms with Gasteiger partial charge in [-0.05, 0) is 30.2 Å². The lowest BCUT2D eigenvalue weighted by molar-refractivity contribution is -0.0567. The van der Waals surface area contributed by atoms with Gasteiger partial charge in [0, 0.05) is 12.5 Å². The SMILES string of the molecule is Cc1cc(F)cc(OCC(N)C2CC(OCc3ccccc3)C(CO)O2)c1. The van der Waals surface area contributed by atoms with E-state index in [9.17, 15) is 9.50 Å². The Morgan fingerprint density at radius 3 is 2.74 bits per heavy atom. The fourth-order valence-electron chi connectivity index (χ4n) is 3.22. The fourth-order valence-corrected chi connectivity index (χ4v) is 3.22. The Kier molecular flexibility index (Phi) is 6.79. The summed E-state index contributed by atoms with van der Waals surface area (Å²) in [6, 6.07) is 14.0. The molecule has 0 bridgehead atoms. The molecule has 0 radical (unpaired) electrons. The number of aryl methyl sites for hydroxylation is 1. The summed E-state index contributed by atoms with van der Waals surface area (Å²) in [4.78, 5) is 0. The highest BCUT2D eigenvalue weighted by Gasteiger charge is 2.38. The van der Waals surface area contributed by atoms with Gasteiger partial charge in [-0.25, -0.2) is 4.39 Å². The smallest absolute Gasteiger partial charge is 0.127 e. The molecule has 2 aromatic rings. The van der Waals surface area contributed by atoms with Gasteiger partial charge in [-0.15, -0.1) is 0 Å². The lowest BCUT2D eigenvalue weighted by Crippen LogP contribution is -2.40. The fraction of sp³-hybridized carbons (Fsp3) is 0.429. The van der Waals surface area contributed by atoms with Crippen LogP contribution in [0.4, 0.5) is 4.39 Å². The van der Waals surface area contributed by atoms with Crippen LogP contribution in [0.15, 0.2) is 48.5 Å². The van der Waals surface area contributed by atoms with E-state index in [0.717, 1.165) is 11.1 Å². The molecule has 4 atom stereocenters. The van der Waals surface area contributed by atoms with Gasteiger partial charge in [0.25, 0.3) is 0 Å². The number of hydrogen-bond donors (Lipinski definition) is 2. The van der Waals surface area contributed by atoms with Gasteiger partial charge < -0.3 is 25.1 Å². The number of aliphatic hydroxyl groups is 1. The van der Waals surface area contributed by atoms with Gasteiger partial charge in [0.2, 0.25) is 0 Å². The van der Waals surface area contributed by atoms with Crippen molar-refractivity contribution in [3.8, 4) is 5.75 Å². The second kappa shape index (κ2) is 9.28. The van der Waals surface area contributed by atoms with Gasteiger partial charge >= 0.3 is 0 Å². The van der Waals surface area contributed by atoms with Crippen LogP contribution in [0, 0.1) is 12.7 Å². The molecular formula is C21H26FNO4. The molecule has 1 aliphatic rings. The van der Waals surface area contributed by atoms with Crippen LogP contribution < -0.4 is 10.5 Å².